The Morgan fingerprint density at radius 1 is 1.07 bits per heavy atom. The minimum Gasteiger partial charge on any atom is -0.479 e. The molecule has 2 saturated heterocycles. The molecule has 174 valence electrons. The highest BCUT2D eigenvalue weighted by Crippen LogP contribution is 2.32. The van der Waals surface area contributed by atoms with Crippen LogP contribution in [0.3, 0.4) is 0 Å². The van der Waals surface area contributed by atoms with Crippen molar-refractivity contribution in [3.05, 3.63) is 0 Å². The van der Waals surface area contributed by atoms with E-state index in [-0.39, 0.29) is 5.92 Å². The van der Waals surface area contributed by atoms with Crippen molar-refractivity contribution in [1.29, 1.82) is 0 Å². The Balaban J connectivity index is 2.35. The van der Waals surface area contributed by atoms with Crippen LogP contribution in [-0.2, 0) is 23.8 Å². The Bertz CT molecular complexity index is 605. The van der Waals surface area contributed by atoms with Crippen molar-refractivity contribution >= 4 is 11.9 Å². The van der Waals surface area contributed by atoms with Gasteiger partial charge in [-0.2, -0.15) is 0 Å². The fourth-order valence-corrected chi connectivity index (χ4v) is 3.73. The number of carboxylic acid groups (broad SMARTS) is 1. The predicted octanol–water partition coefficient (Wildman–Crippen LogP) is -3.06. The smallest absolute Gasteiger partial charge is 0.335 e. The first kappa shape index (κ1) is 24.9. The van der Waals surface area contributed by atoms with Crippen LogP contribution in [0.25, 0.3) is 0 Å². The zero-order valence-electron chi connectivity index (χ0n) is 17.0. The van der Waals surface area contributed by atoms with Gasteiger partial charge in [-0.15, -0.1) is 0 Å². The molecule has 12 heteroatoms. The van der Waals surface area contributed by atoms with Gasteiger partial charge in [0.25, 0.3) is 0 Å². The highest BCUT2D eigenvalue weighted by Gasteiger charge is 2.53. The molecule has 0 aromatic rings. The Labute approximate surface area is 173 Å². The van der Waals surface area contributed by atoms with Crippen molar-refractivity contribution in [2.75, 3.05) is 6.61 Å². The van der Waals surface area contributed by atoms with Gasteiger partial charge in [-0.25, -0.2) is 4.79 Å². The number of ether oxygens (including phenoxy) is 3. The minimum absolute atomic E-state index is 0.133. The first-order valence-corrected chi connectivity index (χ1v) is 9.82. The Hall–Kier alpha value is -1.38. The van der Waals surface area contributed by atoms with Gasteiger partial charge in [0.2, 0.25) is 5.91 Å². The molecule has 0 aromatic carbocycles. The highest BCUT2D eigenvalue weighted by atomic mass is 16.7. The fraction of sp³-hybridized carbons (Fsp3) is 0.889. The molecular formula is C18H31NO11. The SMILES string of the molecule is CCC(C)C1OC(CO)[C@@H](O)C(O[C@@H]2OC(C(=O)O)[C@@H](O)C(O)[C@@H]2O)C1NC(C)=O. The highest BCUT2D eigenvalue weighted by molar-refractivity contribution is 5.73. The van der Waals surface area contributed by atoms with Crippen LogP contribution in [0.15, 0.2) is 0 Å². The molecule has 2 fully saturated rings. The summed E-state index contributed by atoms with van der Waals surface area (Å²) in [6.07, 6.45) is -13.1. The maximum Gasteiger partial charge on any atom is 0.335 e. The summed E-state index contributed by atoms with van der Waals surface area (Å²) in [7, 11) is 0. The van der Waals surface area contributed by atoms with Crippen molar-refractivity contribution in [1.82, 2.24) is 5.32 Å². The van der Waals surface area contributed by atoms with E-state index in [0.717, 1.165) is 0 Å². The summed E-state index contributed by atoms with van der Waals surface area (Å²) >= 11 is 0. The molecular weight excluding hydrogens is 406 g/mol. The first-order valence-electron chi connectivity index (χ1n) is 9.82. The molecule has 0 radical (unpaired) electrons. The van der Waals surface area contributed by atoms with Crippen molar-refractivity contribution in [2.24, 2.45) is 5.92 Å². The molecule has 2 rings (SSSR count). The summed E-state index contributed by atoms with van der Waals surface area (Å²) in [6.45, 7) is 4.42. The number of aliphatic hydroxyl groups excluding tert-OH is 5. The second-order valence-corrected chi connectivity index (χ2v) is 7.76. The molecule has 30 heavy (non-hydrogen) atoms. The lowest BCUT2D eigenvalue weighted by atomic mass is 9.85. The number of hydrogen-bond acceptors (Lipinski definition) is 10. The molecule has 1 amide bonds. The number of aliphatic carboxylic acids is 1. The van der Waals surface area contributed by atoms with E-state index < -0.39 is 79.6 Å². The second-order valence-electron chi connectivity index (χ2n) is 7.76. The Morgan fingerprint density at radius 2 is 1.70 bits per heavy atom. The molecule has 0 aliphatic carbocycles. The lowest BCUT2D eigenvalue weighted by Crippen LogP contribution is -2.68. The molecule has 0 saturated carbocycles. The normalized spacial score (nSPS) is 43.1. The monoisotopic (exact) mass is 437 g/mol. The van der Waals surface area contributed by atoms with Crippen LogP contribution < -0.4 is 5.32 Å². The number of aliphatic hydroxyl groups is 5. The molecule has 2 aliphatic rings. The van der Waals surface area contributed by atoms with Crippen LogP contribution in [0.1, 0.15) is 27.2 Å². The average molecular weight is 437 g/mol. The topological polar surface area (TPSA) is 195 Å². The largest absolute Gasteiger partial charge is 0.479 e. The number of carboxylic acids is 1. The van der Waals surface area contributed by atoms with E-state index >= 15 is 0 Å². The zero-order valence-corrected chi connectivity index (χ0v) is 17.0. The maximum absolute atomic E-state index is 11.8. The van der Waals surface area contributed by atoms with E-state index in [9.17, 15) is 40.2 Å². The third kappa shape index (κ3) is 5.08. The summed E-state index contributed by atoms with van der Waals surface area (Å²) in [5.41, 5.74) is 0. The second kappa shape index (κ2) is 10.3. The molecule has 7 N–H and O–H groups in total. The van der Waals surface area contributed by atoms with Crippen molar-refractivity contribution in [2.45, 2.75) is 88.4 Å². The lowest BCUT2D eigenvalue weighted by molar-refractivity contribution is -0.327. The molecule has 7 unspecified atom stereocenters. The Morgan fingerprint density at radius 3 is 2.20 bits per heavy atom. The summed E-state index contributed by atoms with van der Waals surface area (Å²) in [4.78, 5) is 23.1. The third-order valence-corrected chi connectivity index (χ3v) is 5.62. The van der Waals surface area contributed by atoms with E-state index in [1.165, 1.54) is 6.92 Å². The standard InChI is InChI=1S/C18H31NO11/c1-4-6(2)14-9(19-7(3)21)15(10(22)8(5-20)28-14)29-18-13(25)11(23)12(24)16(30-18)17(26)27/h6,8-16,18,20,22-25H,4-5H2,1-3H3,(H,19,21)(H,26,27)/t6?,8?,9?,10-,11?,12+,13+,14?,15?,16?,18-/m1/s1. The van der Waals surface area contributed by atoms with E-state index in [1.54, 1.807) is 0 Å². The summed E-state index contributed by atoms with van der Waals surface area (Å²) in [6, 6.07) is -0.932. The van der Waals surface area contributed by atoms with Gasteiger partial charge in [0.1, 0.15) is 36.6 Å². The summed E-state index contributed by atoms with van der Waals surface area (Å²) in [5, 5.41) is 62.2. The number of carbonyl (C=O) groups is 2. The van der Waals surface area contributed by atoms with Gasteiger partial charge < -0.3 is 50.2 Å². The molecule has 2 aliphatic heterocycles. The van der Waals surface area contributed by atoms with Gasteiger partial charge in [0, 0.05) is 6.92 Å². The fourth-order valence-electron chi connectivity index (χ4n) is 3.73. The third-order valence-electron chi connectivity index (χ3n) is 5.62. The molecule has 0 spiro atoms. The summed E-state index contributed by atoms with van der Waals surface area (Å²) < 4.78 is 16.6. The number of amides is 1. The number of nitrogens with one attached hydrogen (secondary N) is 1. The predicted molar refractivity (Wildman–Crippen MR) is 98.0 cm³/mol. The Kier molecular flexibility index (Phi) is 8.53. The van der Waals surface area contributed by atoms with Crippen molar-refractivity contribution in [3.8, 4) is 0 Å². The molecule has 0 aromatic heterocycles. The number of rotatable bonds is 7. The van der Waals surface area contributed by atoms with Crippen molar-refractivity contribution < 1.29 is 54.4 Å². The summed E-state index contributed by atoms with van der Waals surface area (Å²) in [5.74, 6) is -2.17. The van der Waals surface area contributed by atoms with Gasteiger partial charge in [0.05, 0.1) is 18.8 Å². The van der Waals surface area contributed by atoms with Crippen LogP contribution in [0, 0.1) is 5.92 Å². The van der Waals surface area contributed by atoms with Gasteiger partial charge >= 0.3 is 5.97 Å². The van der Waals surface area contributed by atoms with E-state index in [0.29, 0.717) is 6.42 Å². The minimum atomic E-state index is -1.90. The van der Waals surface area contributed by atoms with E-state index in [2.05, 4.69) is 5.32 Å². The van der Waals surface area contributed by atoms with E-state index in [4.69, 9.17) is 14.2 Å². The van der Waals surface area contributed by atoms with Crippen LogP contribution in [-0.4, -0.2) is 110 Å². The van der Waals surface area contributed by atoms with Gasteiger partial charge in [-0.05, 0) is 5.92 Å². The maximum atomic E-state index is 11.8. The quantitative estimate of drug-likeness (QED) is 0.214. The van der Waals surface area contributed by atoms with Crippen molar-refractivity contribution in [3.63, 3.8) is 0 Å². The lowest BCUT2D eigenvalue weighted by Gasteiger charge is -2.48. The molecule has 0 bridgehead atoms. The molecule has 2 heterocycles. The molecule has 12 nitrogen and oxygen atoms in total. The number of hydrogen-bond donors (Lipinski definition) is 7. The van der Waals surface area contributed by atoms with Gasteiger partial charge in [-0.3, -0.25) is 4.79 Å². The van der Waals surface area contributed by atoms with Crippen LogP contribution in [0.4, 0.5) is 0 Å². The van der Waals surface area contributed by atoms with Crippen LogP contribution in [0.5, 0.6) is 0 Å². The average Bonchev–Trinajstić information content (AvgIpc) is 2.69. The molecule has 11 atom stereocenters. The number of carbonyl (C=O) groups excluding carboxylic acids is 1. The van der Waals surface area contributed by atoms with Crippen LogP contribution >= 0.6 is 0 Å². The van der Waals surface area contributed by atoms with E-state index in [1.807, 2.05) is 13.8 Å². The van der Waals surface area contributed by atoms with Crippen LogP contribution in [0.2, 0.25) is 0 Å². The zero-order chi connectivity index (χ0) is 22.7. The van der Waals surface area contributed by atoms with Gasteiger partial charge in [0.15, 0.2) is 12.4 Å². The van der Waals surface area contributed by atoms with Gasteiger partial charge in [-0.1, -0.05) is 20.3 Å². The first-order chi connectivity index (χ1) is 14.0.